The largest absolute Gasteiger partial charge is 0.480 e. The Labute approximate surface area is 117 Å². The summed E-state index contributed by atoms with van der Waals surface area (Å²) in [5, 5.41) is 12.6. The lowest BCUT2D eigenvalue weighted by Crippen LogP contribution is -2.57. The summed E-state index contributed by atoms with van der Waals surface area (Å²) in [5.41, 5.74) is -0.716. The first-order valence-corrected chi connectivity index (χ1v) is 7.65. The lowest BCUT2D eigenvalue weighted by molar-refractivity contribution is -0.147. The van der Waals surface area contributed by atoms with Crippen LogP contribution < -0.4 is 5.32 Å². The second-order valence-electron chi connectivity index (χ2n) is 5.99. The van der Waals surface area contributed by atoms with Crippen molar-refractivity contribution in [1.82, 2.24) is 10.2 Å². The van der Waals surface area contributed by atoms with Gasteiger partial charge in [-0.2, -0.15) is 0 Å². The zero-order chi connectivity index (χ0) is 14.5. The van der Waals surface area contributed by atoms with Crippen molar-refractivity contribution < 1.29 is 9.90 Å². The Kier molecular flexibility index (Phi) is 6.27. The molecule has 1 aliphatic rings. The second-order valence-corrected chi connectivity index (χ2v) is 5.99. The summed E-state index contributed by atoms with van der Waals surface area (Å²) in [7, 11) is 1.78. The molecule has 1 aliphatic carbocycles. The van der Waals surface area contributed by atoms with Crippen LogP contribution >= 0.6 is 0 Å². The second kappa shape index (κ2) is 7.25. The van der Waals surface area contributed by atoms with E-state index in [0.717, 1.165) is 38.8 Å². The molecule has 19 heavy (non-hydrogen) atoms. The molecule has 112 valence electrons. The molecule has 1 rings (SSSR count). The van der Waals surface area contributed by atoms with E-state index >= 15 is 0 Å². The maximum atomic E-state index is 11.6. The van der Waals surface area contributed by atoms with E-state index in [0.29, 0.717) is 12.0 Å². The summed E-state index contributed by atoms with van der Waals surface area (Å²) in [6.07, 6.45) is 4.77. The smallest absolute Gasteiger partial charge is 0.323 e. The summed E-state index contributed by atoms with van der Waals surface area (Å²) in [6, 6.07) is 0.399. The van der Waals surface area contributed by atoms with Gasteiger partial charge in [0.1, 0.15) is 5.54 Å². The van der Waals surface area contributed by atoms with Crippen LogP contribution in [0, 0.1) is 5.92 Å². The monoisotopic (exact) mass is 270 g/mol. The molecule has 0 heterocycles. The van der Waals surface area contributed by atoms with Crippen molar-refractivity contribution in [3.05, 3.63) is 0 Å². The molecule has 0 saturated heterocycles. The van der Waals surface area contributed by atoms with Gasteiger partial charge in [0.25, 0.3) is 0 Å². The number of aliphatic carboxylic acids is 1. The van der Waals surface area contributed by atoms with Crippen molar-refractivity contribution in [3.63, 3.8) is 0 Å². The maximum Gasteiger partial charge on any atom is 0.323 e. The first-order chi connectivity index (χ1) is 8.99. The van der Waals surface area contributed by atoms with Gasteiger partial charge in [-0.1, -0.05) is 27.2 Å². The fourth-order valence-corrected chi connectivity index (χ4v) is 3.15. The quantitative estimate of drug-likeness (QED) is 0.745. The molecule has 3 atom stereocenters. The standard InChI is InChI=1S/C15H30N2O2/c1-5-12(3)11-17(6-2)13-8-7-9-15(10-13,16-4)14(18)19/h12-13,16H,5-11H2,1-4H3,(H,18,19). The van der Waals surface area contributed by atoms with Gasteiger partial charge in [-0.05, 0) is 45.2 Å². The van der Waals surface area contributed by atoms with Crippen LogP contribution in [-0.2, 0) is 4.79 Å². The van der Waals surface area contributed by atoms with Gasteiger partial charge in [0.2, 0.25) is 0 Å². The number of carboxylic acid groups (broad SMARTS) is 1. The molecule has 4 nitrogen and oxygen atoms in total. The van der Waals surface area contributed by atoms with E-state index < -0.39 is 11.5 Å². The molecule has 3 unspecified atom stereocenters. The van der Waals surface area contributed by atoms with Crippen LogP contribution in [0.15, 0.2) is 0 Å². The van der Waals surface area contributed by atoms with Crippen LogP contribution in [0.1, 0.15) is 52.9 Å². The van der Waals surface area contributed by atoms with E-state index in [2.05, 4.69) is 31.0 Å². The maximum absolute atomic E-state index is 11.6. The SMILES string of the molecule is CCC(C)CN(CC)C1CCCC(NC)(C(=O)O)C1. The molecule has 0 amide bonds. The third kappa shape index (κ3) is 3.93. The van der Waals surface area contributed by atoms with Crippen molar-refractivity contribution in [1.29, 1.82) is 0 Å². The molecule has 0 aromatic carbocycles. The summed E-state index contributed by atoms with van der Waals surface area (Å²) in [5.74, 6) is -0.0185. The highest BCUT2D eigenvalue weighted by atomic mass is 16.4. The first kappa shape index (κ1) is 16.4. The summed E-state index contributed by atoms with van der Waals surface area (Å²) < 4.78 is 0. The Morgan fingerprint density at radius 1 is 1.53 bits per heavy atom. The number of nitrogens with zero attached hydrogens (tertiary/aromatic N) is 1. The molecular formula is C15H30N2O2. The van der Waals surface area contributed by atoms with E-state index in [1.54, 1.807) is 7.05 Å². The fourth-order valence-electron chi connectivity index (χ4n) is 3.15. The number of carbonyl (C=O) groups is 1. The summed E-state index contributed by atoms with van der Waals surface area (Å²) in [6.45, 7) is 8.76. The molecule has 0 radical (unpaired) electrons. The fraction of sp³-hybridized carbons (Fsp3) is 0.933. The lowest BCUT2D eigenvalue weighted by atomic mass is 9.78. The first-order valence-electron chi connectivity index (χ1n) is 7.65. The van der Waals surface area contributed by atoms with Gasteiger partial charge in [0.05, 0.1) is 0 Å². The molecule has 1 fully saturated rings. The van der Waals surface area contributed by atoms with Crippen LogP contribution in [0.25, 0.3) is 0 Å². The van der Waals surface area contributed by atoms with Gasteiger partial charge in [0.15, 0.2) is 0 Å². The van der Waals surface area contributed by atoms with E-state index in [9.17, 15) is 9.90 Å². The van der Waals surface area contributed by atoms with Gasteiger partial charge in [-0.3, -0.25) is 4.79 Å². The predicted molar refractivity (Wildman–Crippen MR) is 78.4 cm³/mol. The molecule has 1 saturated carbocycles. The highest BCUT2D eigenvalue weighted by molar-refractivity contribution is 5.79. The molecule has 0 aromatic heterocycles. The average molecular weight is 270 g/mol. The highest BCUT2D eigenvalue weighted by Gasteiger charge is 2.42. The van der Waals surface area contributed by atoms with Gasteiger partial charge in [-0.25, -0.2) is 0 Å². The Balaban J connectivity index is 2.73. The van der Waals surface area contributed by atoms with Crippen LogP contribution in [0.2, 0.25) is 0 Å². The Morgan fingerprint density at radius 3 is 2.68 bits per heavy atom. The molecule has 0 spiro atoms. The third-order valence-electron chi connectivity index (χ3n) is 4.78. The summed E-state index contributed by atoms with van der Waals surface area (Å²) in [4.78, 5) is 14.0. The van der Waals surface area contributed by atoms with Crippen molar-refractivity contribution in [2.24, 2.45) is 5.92 Å². The van der Waals surface area contributed by atoms with Crippen molar-refractivity contribution >= 4 is 5.97 Å². The zero-order valence-electron chi connectivity index (χ0n) is 12.9. The molecule has 0 aromatic rings. The topological polar surface area (TPSA) is 52.6 Å². The molecular weight excluding hydrogens is 240 g/mol. The summed E-state index contributed by atoms with van der Waals surface area (Å²) >= 11 is 0. The number of carboxylic acids is 1. The Bertz CT molecular complexity index is 296. The third-order valence-corrected chi connectivity index (χ3v) is 4.78. The molecule has 0 bridgehead atoms. The minimum Gasteiger partial charge on any atom is -0.480 e. The lowest BCUT2D eigenvalue weighted by Gasteiger charge is -2.42. The van der Waals surface area contributed by atoms with Crippen LogP contribution in [0.5, 0.6) is 0 Å². The molecule has 2 N–H and O–H groups in total. The van der Waals surface area contributed by atoms with Gasteiger partial charge < -0.3 is 15.3 Å². The van der Waals surface area contributed by atoms with E-state index in [1.165, 1.54) is 6.42 Å². The molecule has 4 heteroatoms. The predicted octanol–water partition coefficient (Wildman–Crippen LogP) is 2.34. The Hall–Kier alpha value is -0.610. The van der Waals surface area contributed by atoms with Crippen molar-refractivity contribution in [2.45, 2.75) is 64.5 Å². The van der Waals surface area contributed by atoms with Crippen molar-refractivity contribution in [3.8, 4) is 0 Å². The van der Waals surface area contributed by atoms with E-state index in [-0.39, 0.29) is 0 Å². The van der Waals surface area contributed by atoms with E-state index in [4.69, 9.17) is 0 Å². The minimum atomic E-state index is -0.716. The van der Waals surface area contributed by atoms with Gasteiger partial charge in [0, 0.05) is 12.6 Å². The van der Waals surface area contributed by atoms with Crippen molar-refractivity contribution in [2.75, 3.05) is 20.1 Å². The minimum absolute atomic E-state index is 0.399. The normalized spacial score (nSPS) is 29.4. The van der Waals surface area contributed by atoms with Gasteiger partial charge in [-0.15, -0.1) is 0 Å². The highest BCUT2D eigenvalue weighted by Crippen LogP contribution is 2.31. The number of likely N-dealkylation sites (N-methyl/N-ethyl adjacent to an activating group) is 1. The van der Waals surface area contributed by atoms with E-state index in [1.807, 2.05) is 0 Å². The van der Waals surface area contributed by atoms with Gasteiger partial charge >= 0.3 is 5.97 Å². The number of hydrogen-bond acceptors (Lipinski definition) is 3. The molecule has 0 aliphatic heterocycles. The number of hydrogen-bond donors (Lipinski definition) is 2. The van der Waals surface area contributed by atoms with Crippen LogP contribution in [0.4, 0.5) is 0 Å². The number of nitrogens with one attached hydrogen (secondary N) is 1. The zero-order valence-corrected chi connectivity index (χ0v) is 12.9. The van der Waals surface area contributed by atoms with Crippen LogP contribution in [-0.4, -0.2) is 47.7 Å². The Morgan fingerprint density at radius 2 is 2.21 bits per heavy atom. The average Bonchev–Trinajstić information content (AvgIpc) is 2.44. The van der Waals surface area contributed by atoms with Crippen LogP contribution in [0.3, 0.4) is 0 Å². The number of rotatable bonds is 7.